The number of ether oxygens (including phenoxy) is 1. The van der Waals surface area contributed by atoms with Crippen LogP contribution in [0.2, 0.25) is 0 Å². The average Bonchev–Trinajstić information content (AvgIpc) is 3.50. The fourth-order valence-electron chi connectivity index (χ4n) is 4.92. The number of amides is 2. The van der Waals surface area contributed by atoms with Crippen LogP contribution >= 0.6 is 0 Å². The predicted molar refractivity (Wildman–Crippen MR) is 148 cm³/mol. The third-order valence-corrected chi connectivity index (χ3v) is 6.95. The first-order valence-electron chi connectivity index (χ1n) is 13.1. The summed E-state index contributed by atoms with van der Waals surface area (Å²) in [4.78, 5) is 19.8. The Labute approximate surface area is 234 Å². The van der Waals surface area contributed by atoms with E-state index in [2.05, 4.69) is 31.3 Å². The Bertz CT molecular complexity index is 1470. The maximum atomic E-state index is 14.2. The average molecular weight is 567 g/mol. The molecule has 0 radical (unpaired) electrons. The molecule has 2 aromatic carbocycles. The molecule has 1 saturated carbocycles. The molecule has 2 heterocycles. The van der Waals surface area contributed by atoms with Crippen LogP contribution in [-0.2, 0) is 4.74 Å². The number of halogens is 3. The zero-order valence-corrected chi connectivity index (χ0v) is 22.3. The molecule has 13 heteroatoms. The van der Waals surface area contributed by atoms with Crippen LogP contribution in [0.4, 0.5) is 35.2 Å². The Kier molecular flexibility index (Phi) is 8.43. The monoisotopic (exact) mass is 566 g/mol. The normalized spacial score (nSPS) is 14.9. The number of urea groups is 1. The van der Waals surface area contributed by atoms with E-state index in [1.54, 1.807) is 25.3 Å². The highest BCUT2D eigenvalue weighted by Crippen LogP contribution is 2.38. The zero-order chi connectivity index (χ0) is 28.8. The first-order chi connectivity index (χ1) is 19.8. The van der Waals surface area contributed by atoms with Crippen LogP contribution in [0.5, 0.6) is 0 Å². The summed E-state index contributed by atoms with van der Waals surface area (Å²) in [6.45, 7) is 0.743. The van der Waals surface area contributed by atoms with Crippen LogP contribution in [0.25, 0.3) is 22.6 Å². The van der Waals surface area contributed by atoms with Gasteiger partial charge in [-0.25, -0.2) is 28.0 Å². The van der Waals surface area contributed by atoms with Gasteiger partial charge in [-0.05, 0) is 41.5 Å². The minimum atomic E-state index is -2.69. The molecule has 10 nitrogen and oxygen atoms in total. The van der Waals surface area contributed by atoms with Gasteiger partial charge in [-0.3, -0.25) is 0 Å². The van der Waals surface area contributed by atoms with Crippen molar-refractivity contribution in [1.82, 2.24) is 25.6 Å². The summed E-state index contributed by atoms with van der Waals surface area (Å²) < 4.78 is 47.5. The maximum absolute atomic E-state index is 14.2. The van der Waals surface area contributed by atoms with E-state index < -0.39 is 17.8 Å². The number of H-pyrrole nitrogens is 1. The molecule has 0 unspecified atom stereocenters. The topological polar surface area (TPSA) is 121 Å². The van der Waals surface area contributed by atoms with E-state index in [1.165, 1.54) is 18.2 Å². The van der Waals surface area contributed by atoms with Gasteiger partial charge in [0.05, 0.1) is 18.0 Å². The molecule has 214 valence electrons. The van der Waals surface area contributed by atoms with Gasteiger partial charge >= 0.3 is 6.03 Å². The number of tetrazole rings is 1. The smallest absolute Gasteiger partial charge is 0.323 e. The van der Waals surface area contributed by atoms with Gasteiger partial charge in [0.2, 0.25) is 5.92 Å². The fraction of sp³-hybridized carbons (Fsp3) is 0.321. The summed E-state index contributed by atoms with van der Waals surface area (Å²) in [5, 5.41) is 19.4. The van der Waals surface area contributed by atoms with Crippen molar-refractivity contribution in [1.29, 1.82) is 0 Å². The predicted octanol–water partition coefficient (Wildman–Crippen LogP) is 5.74. The molecule has 0 spiro atoms. The molecule has 0 atom stereocenters. The summed E-state index contributed by atoms with van der Waals surface area (Å²) in [5.41, 5.74) is 2.22. The van der Waals surface area contributed by atoms with Crippen molar-refractivity contribution in [3.8, 4) is 22.6 Å². The lowest BCUT2D eigenvalue weighted by Crippen LogP contribution is -2.43. The molecule has 5 rings (SSSR count). The molecule has 0 saturated heterocycles. The second-order valence-corrected chi connectivity index (χ2v) is 9.73. The van der Waals surface area contributed by atoms with E-state index in [-0.39, 0.29) is 37.4 Å². The maximum Gasteiger partial charge on any atom is 0.323 e. The number of methoxy groups -OCH3 is 1. The van der Waals surface area contributed by atoms with Gasteiger partial charge in [0.1, 0.15) is 11.6 Å². The van der Waals surface area contributed by atoms with Crippen LogP contribution in [0.1, 0.15) is 25.7 Å². The molecule has 1 aliphatic rings. The quantitative estimate of drug-likeness (QED) is 0.236. The Morgan fingerprint density at radius 1 is 1.07 bits per heavy atom. The number of pyridine rings is 1. The Morgan fingerprint density at radius 3 is 2.51 bits per heavy atom. The molecule has 41 heavy (non-hydrogen) atoms. The molecule has 2 amide bonds. The van der Waals surface area contributed by atoms with Crippen LogP contribution in [0.3, 0.4) is 0 Å². The van der Waals surface area contributed by atoms with Crippen molar-refractivity contribution in [2.75, 3.05) is 35.8 Å². The van der Waals surface area contributed by atoms with E-state index in [9.17, 15) is 18.0 Å². The highest BCUT2D eigenvalue weighted by Gasteiger charge is 2.37. The second kappa shape index (κ2) is 12.3. The fourth-order valence-corrected chi connectivity index (χ4v) is 4.92. The van der Waals surface area contributed by atoms with E-state index in [0.29, 0.717) is 47.3 Å². The minimum Gasteiger partial charge on any atom is -0.383 e. The second-order valence-electron chi connectivity index (χ2n) is 9.73. The van der Waals surface area contributed by atoms with Crippen LogP contribution in [0.15, 0.2) is 60.7 Å². The Hall–Kier alpha value is -4.52. The first-order valence-corrected chi connectivity index (χ1v) is 13.1. The van der Waals surface area contributed by atoms with Crippen molar-refractivity contribution in [2.24, 2.45) is 0 Å². The third-order valence-electron chi connectivity index (χ3n) is 6.95. The minimum absolute atomic E-state index is 0.0209. The molecular weight excluding hydrogens is 537 g/mol. The van der Waals surface area contributed by atoms with E-state index in [1.807, 2.05) is 29.2 Å². The standard InChI is InChI=1S/C28H29F3N8O2/c1-41-15-14-39(19-10-12-28(30,31)13-11-19)25-17-18(32-27(40)34-23-9-5-4-8-22(23)29)16-24(33-25)20-6-2-3-7-21(20)26-35-37-38-36-26/h2-9,16-17,19H,10-15H2,1H3,(H2,32,33,34,40)(H,35,36,37,38). The molecule has 0 bridgehead atoms. The number of aromatic nitrogens is 5. The van der Waals surface area contributed by atoms with Gasteiger partial charge < -0.3 is 20.3 Å². The molecule has 3 N–H and O–H groups in total. The molecule has 0 aliphatic heterocycles. The summed E-state index contributed by atoms with van der Waals surface area (Å²) >= 11 is 0. The lowest BCUT2D eigenvalue weighted by Gasteiger charge is -2.38. The lowest BCUT2D eigenvalue weighted by atomic mass is 9.91. The van der Waals surface area contributed by atoms with Gasteiger partial charge in [-0.2, -0.15) is 0 Å². The van der Waals surface area contributed by atoms with Crippen molar-refractivity contribution in [3.63, 3.8) is 0 Å². The Morgan fingerprint density at radius 2 is 1.80 bits per heavy atom. The summed E-state index contributed by atoms with van der Waals surface area (Å²) in [7, 11) is 1.57. The van der Waals surface area contributed by atoms with Gasteiger partial charge in [-0.15, -0.1) is 5.10 Å². The van der Waals surface area contributed by atoms with Crippen LogP contribution < -0.4 is 15.5 Å². The summed E-state index contributed by atoms with van der Waals surface area (Å²) in [6.07, 6.45) is 0.107. The van der Waals surface area contributed by atoms with Crippen molar-refractivity contribution in [2.45, 2.75) is 37.6 Å². The van der Waals surface area contributed by atoms with E-state index in [4.69, 9.17) is 9.72 Å². The third kappa shape index (κ3) is 6.80. The number of rotatable bonds is 9. The number of alkyl halides is 2. The van der Waals surface area contributed by atoms with Gasteiger partial charge in [0.25, 0.3) is 0 Å². The number of carbonyl (C=O) groups excluding carboxylic acids is 1. The van der Waals surface area contributed by atoms with Gasteiger partial charge in [-0.1, -0.05) is 36.4 Å². The summed E-state index contributed by atoms with van der Waals surface area (Å²) in [6, 6.07) is 15.6. The van der Waals surface area contributed by atoms with Gasteiger partial charge in [0.15, 0.2) is 5.82 Å². The first kappa shape index (κ1) is 28.0. The van der Waals surface area contributed by atoms with Crippen molar-refractivity contribution >= 4 is 23.2 Å². The number of carbonyl (C=O) groups is 1. The van der Waals surface area contributed by atoms with Crippen molar-refractivity contribution in [3.05, 3.63) is 66.5 Å². The highest BCUT2D eigenvalue weighted by molar-refractivity contribution is 6.00. The van der Waals surface area contributed by atoms with Crippen molar-refractivity contribution < 1.29 is 22.7 Å². The lowest BCUT2D eigenvalue weighted by molar-refractivity contribution is -0.0383. The van der Waals surface area contributed by atoms with Crippen LogP contribution in [-0.4, -0.2) is 63.9 Å². The number of nitrogens with one attached hydrogen (secondary N) is 3. The number of hydrogen-bond donors (Lipinski definition) is 3. The number of para-hydroxylation sites is 1. The summed E-state index contributed by atoms with van der Waals surface area (Å²) in [5.74, 6) is -2.37. The number of benzene rings is 2. The van der Waals surface area contributed by atoms with E-state index in [0.717, 1.165) is 0 Å². The molecule has 4 aromatic rings. The molecule has 1 fully saturated rings. The molecule has 2 aromatic heterocycles. The van der Waals surface area contributed by atoms with Gasteiger partial charge in [0, 0.05) is 55.4 Å². The molecular formula is C28H29F3N8O2. The number of aromatic amines is 1. The van der Waals surface area contributed by atoms with E-state index >= 15 is 0 Å². The Balaban J connectivity index is 1.54. The number of hydrogen-bond acceptors (Lipinski definition) is 7. The molecule has 1 aliphatic carbocycles. The number of nitrogens with zero attached hydrogens (tertiary/aromatic N) is 5. The largest absolute Gasteiger partial charge is 0.383 e. The SMILES string of the molecule is COCCN(c1cc(NC(=O)Nc2ccccc2F)cc(-c2ccccc2-c2nnn[nH]2)n1)C1CCC(F)(F)CC1. The van der Waals surface area contributed by atoms with Crippen LogP contribution in [0, 0.1) is 5.82 Å². The highest BCUT2D eigenvalue weighted by atomic mass is 19.3. The zero-order valence-electron chi connectivity index (χ0n) is 22.3. The number of anilines is 3.